The maximum absolute atomic E-state index is 12.4. The molecule has 2 N–H and O–H groups in total. The minimum Gasteiger partial charge on any atom is -0.338 e. The zero-order chi connectivity index (χ0) is 12.5. The predicted molar refractivity (Wildman–Crippen MR) is 76.1 cm³/mol. The van der Waals surface area contributed by atoms with Crippen molar-refractivity contribution >= 4 is 18.3 Å². The molecule has 0 radical (unpaired) electrons. The van der Waals surface area contributed by atoms with Crippen LogP contribution >= 0.6 is 12.4 Å². The van der Waals surface area contributed by atoms with Crippen LogP contribution in [0.2, 0.25) is 0 Å². The molecule has 0 aliphatic carbocycles. The Bertz CT molecular complexity index is 436. The second kappa shape index (κ2) is 5.72. The molecular weight excluding hydrogens is 248 g/mol. The number of rotatable bonds is 2. The molecule has 4 heteroatoms. The normalized spacial score (nSPS) is 22.7. The van der Waals surface area contributed by atoms with Crippen molar-refractivity contribution < 1.29 is 4.79 Å². The Morgan fingerprint density at radius 2 is 2.11 bits per heavy atom. The Morgan fingerprint density at radius 1 is 1.44 bits per heavy atom. The van der Waals surface area contributed by atoms with Crippen molar-refractivity contribution in [3.05, 3.63) is 35.4 Å². The maximum Gasteiger partial charge on any atom is 0.254 e. The summed E-state index contributed by atoms with van der Waals surface area (Å²) < 4.78 is 0. The fourth-order valence-electron chi connectivity index (χ4n) is 2.35. The summed E-state index contributed by atoms with van der Waals surface area (Å²) in [7, 11) is 0. The Hall–Kier alpha value is -1.06. The second-order valence-corrected chi connectivity index (χ2v) is 5.31. The SMILES string of the molecule is Cc1ccccc1C(=O)N1CCC(C)(CN)C1.Cl. The van der Waals surface area contributed by atoms with E-state index < -0.39 is 0 Å². The summed E-state index contributed by atoms with van der Waals surface area (Å²) in [5, 5.41) is 0. The highest BCUT2D eigenvalue weighted by molar-refractivity contribution is 5.95. The number of benzene rings is 1. The van der Waals surface area contributed by atoms with Crippen molar-refractivity contribution in [1.82, 2.24) is 4.90 Å². The van der Waals surface area contributed by atoms with Gasteiger partial charge in [0.25, 0.3) is 5.91 Å². The lowest BCUT2D eigenvalue weighted by atomic mass is 9.90. The van der Waals surface area contributed by atoms with Crippen LogP contribution < -0.4 is 5.73 Å². The number of nitrogens with two attached hydrogens (primary N) is 1. The highest BCUT2D eigenvalue weighted by Crippen LogP contribution is 2.29. The second-order valence-electron chi connectivity index (χ2n) is 5.31. The van der Waals surface area contributed by atoms with Crippen LogP contribution in [0.1, 0.15) is 29.3 Å². The first-order valence-electron chi connectivity index (χ1n) is 6.11. The third kappa shape index (κ3) is 2.85. The molecular formula is C14H21ClN2O. The molecule has 18 heavy (non-hydrogen) atoms. The van der Waals surface area contributed by atoms with Gasteiger partial charge in [0.05, 0.1) is 0 Å². The van der Waals surface area contributed by atoms with Crippen molar-refractivity contribution in [3.8, 4) is 0 Å². The average Bonchev–Trinajstić information content (AvgIpc) is 2.73. The number of hydrogen-bond donors (Lipinski definition) is 1. The molecule has 3 nitrogen and oxygen atoms in total. The van der Waals surface area contributed by atoms with Crippen molar-refractivity contribution in [2.75, 3.05) is 19.6 Å². The van der Waals surface area contributed by atoms with E-state index in [4.69, 9.17) is 5.73 Å². The van der Waals surface area contributed by atoms with E-state index in [-0.39, 0.29) is 23.7 Å². The quantitative estimate of drug-likeness (QED) is 0.894. The van der Waals surface area contributed by atoms with Gasteiger partial charge < -0.3 is 10.6 Å². The predicted octanol–water partition coefficient (Wildman–Crippen LogP) is 2.23. The molecule has 100 valence electrons. The molecule has 1 aromatic rings. The van der Waals surface area contributed by atoms with Crippen LogP contribution in [0, 0.1) is 12.3 Å². The molecule has 0 spiro atoms. The first-order chi connectivity index (χ1) is 8.06. The van der Waals surface area contributed by atoms with Crippen LogP contribution in [-0.4, -0.2) is 30.4 Å². The molecule has 1 amide bonds. The highest BCUT2D eigenvalue weighted by atomic mass is 35.5. The van der Waals surface area contributed by atoms with Crippen LogP contribution in [0.4, 0.5) is 0 Å². The van der Waals surface area contributed by atoms with Gasteiger partial charge in [-0.25, -0.2) is 0 Å². The van der Waals surface area contributed by atoms with Gasteiger partial charge in [-0.05, 0) is 36.9 Å². The van der Waals surface area contributed by atoms with Crippen LogP contribution in [-0.2, 0) is 0 Å². The van der Waals surface area contributed by atoms with Crippen molar-refractivity contribution in [2.24, 2.45) is 11.1 Å². The highest BCUT2D eigenvalue weighted by Gasteiger charge is 2.35. The molecule has 0 saturated carbocycles. The molecule has 1 saturated heterocycles. The molecule has 2 rings (SSSR count). The summed E-state index contributed by atoms with van der Waals surface area (Å²) >= 11 is 0. The third-order valence-corrected chi connectivity index (χ3v) is 3.71. The van der Waals surface area contributed by atoms with E-state index in [9.17, 15) is 4.79 Å². The number of carbonyl (C=O) groups is 1. The topological polar surface area (TPSA) is 46.3 Å². The van der Waals surface area contributed by atoms with Gasteiger partial charge in [0.15, 0.2) is 0 Å². The van der Waals surface area contributed by atoms with Gasteiger partial charge in [-0.2, -0.15) is 0 Å². The molecule has 1 heterocycles. The Balaban J connectivity index is 0.00000162. The van der Waals surface area contributed by atoms with Gasteiger partial charge in [0.1, 0.15) is 0 Å². The monoisotopic (exact) mass is 268 g/mol. The fourth-order valence-corrected chi connectivity index (χ4v) is 2.35. The first-order valence-corrected chi connectivity index (χ1v) is 6.11. The average molecular weight is 269 g/mol. The lowest BCUT2D eigenvalue weighted by Crippen LogP contribution is -2.34. The Morgan fingerprint density at radius 3 is 2.67 bits per heavy atom. The van der Waals surface area contributed by atoms with Crippen molar-refractivity contribution in [3.63, 3.8) is 0 Å². The van der Waals surface area contributed by atoms with Gasteiger partial charge in [0, 0.05) is 18.7 Å². The van der Waals surface area contributed by atoms with Crippen LogP contribution in [0.15, 0.2) is 24.3 Å². The zero-order valence-corrected chi connectivity index (χ0v) is 11.8. The minimum absolute atomic E-state index is 0. The molecule has 1 fully saturated rings. The molecule has 0 aromatic heterocycles. The van der Waals surface area contributed by atoms with E-state index >= 15 is 0 Å². The molecule has 1 unspecified atom stereocenters. The number of carbonyl (C=O) groups excluding carboxylic acids is 1. The number of amides is 1. The maximum atomic E-state index is 12.4. The van der Waals surface area contributed by atoms with Gasteiger partial charge >= 0.3 is 0 Å². The molecule has 1 atom stereocenters. The molecule has 1 aliphatic rings. The standard InChI is InChI=1S/C14H20N2O.ClH/c1-11-5-3-4-6-12(11)13(17)16-8-7-14(2,9-15)10-16;/h3-6H,7-10,15H2,1-2H3;1H. The van der Waals surface area contributed by atoms with Gasteiger partial charge in [-0.1, -0.05) is 25.1 Å². The smallest absolute Gasteiger partial charge is 0.254 e. The van der Waals surface area contributed by atoms with E-state index in [1.54, 1.807) is 0 Å². The Kier molecular flexibility index (Phi) is 4.77. The summed E-state index contributed by atoms with van der Waals surface area (Å²) in [6.07, 6.45) is 1.00. The Labute approximate surface area is 115 Å². The van der Waals surface area contributed by atoms with Crippen molar-refractivity contribution in [1.29, 1.82) is 0 Å². The number of hydrogen-bond acceptors (Lipinski definition) is 2. The molecule has 1 aliphatic heterocycles. The van der Waals surface area contributed by atoms with Gasteiger partial charge in [-0.15, -0.1) is 12.4 Å². The van der Waals surface area contributed by atoms with E-state index in [2.05, 4.69) is 6.92 Å². The molecule has 0 bridgehead atoms. The number of halogens is 1. The summed E-state index contributed by atoms with van der Waals surface area (Å²) in [6.45, 7) is 6.37. The lowest BCUT2D eigenvalue weighted by Gasteiger charge is -2.23. The van der Waals surface area contributed by atoms with E-state index in [0.29, 0.717) is 6.54 Å². The van der Waals surface area contributed by atoms with E-state index in [1.807, 2.05) is 36.1 Å². The summed E-state index contributed by atoms with van der Waals surface area (Å²) in [6, 6.07) is 7.75. The lowest BCUT2D eigenvalue weighted by molar-refractivity contribution is 0.0776. The summed E-state index contributed by atoms with van der Waals surface area (Å²) in [5.74, 6) is 0.139. The van der Waals surface area contributed by atoms with E-state index in [1.165, 1.54) is 0 Å². The number of nitrogens with zero attached hydrogens (tertiary/aromatic N) is 1. The van der Waals surface area contributed by atoms with Crippen LogP contribution in [0.3, 0.4) is 0 Å². The minimum atomic E-state index is 0. The third-order valence-electron chi connectivity index (χ3n) is 3.71. The number of aryl methyl sites for hydroxylation is 1. The van der Waals surface area contributed by atoms with E-state index in [0.717, 1.165) is 30.6 Å². The summed E-state index contributed by atoms with van der Waals surface area (Å²) in [4.78, 5) is 14.3. The van der Waals surface area contributed by atoms with Crippen molar-refractivity contribution in [2.45, 2.75) is 20.3 Å². The largest absolute Gasteiger partial charge is 0.338 e. The fraction of sp³-hybridized carbons (Fsp3) is 0.500. The van der Waals surface area contributed by atoms with Gasteiger partial charge in [-0.3, -0.25) is 4.79 Å². The molecule has 1 aromatic carbocycles. The first kappa shape index (κ1) is 15.0. The zero-order valence-electron chi connectivity index (χ0n) is 11.0. The number of likely N-dealkylation sites (tertiary alicyclic amines) is 1. The van der Waals surface area contributed by atoms with Crippen LogP contribution in [0.5, 0.6) is 0 Å². The van der Waals surface area contributed by atoms with Crippen LogP contribution in [0.25, 0.3) is 0 Å². The van der Waals surface area contributed by atoms with Gasteiger partial charge in [0.2, 0.25) is 0 Å². The summed E-state index contributed by atoms with van der Waals surface area (Å²) in [5.41, 5.74) is 7.71.